The average Bonchev–Trinajstić information content (AvgIpc) is 3.20. The minimum Gasteiger partial charge on any atom is -0.481 e. The second-order valence-electron chi connectivity index (χ2n) is 7.05. The van der Waals surface area contributed by atoms with Crippen LogP contribution in [-0.4, -0.2) is 67.8 Å². The highest BCUT2D eigenvalue weighted by molar-refractivity contribution is 5.94. The molecule has 136 valence electrons. The molecule has 0 aliphatic carbocycles. The second-order valence-corrected chi connectivity index (χ2v) is 7.05. The van der Waals surface area contributed by atoms with E-state index in [9.17, 15) is 19.5 Å². The van der Waals surface area contributed by atoms with Crippen LogP contribution in [0.4, 0.5) is 0 Å². The van der Waals surface area contributed by atoms with Crippen molar-refractivity contribution in [1.82, 2.24) is 19.2 Å². The molecule has 2 aliphatic rings. The van der Waals surface area contributed by atoms with Gasteiger partial charge in [0, 0.05) is 45.1 Å². The molecule has 2 fully saturated rings. The predicted octanol–water partition coefficient (Wildman–Crippen LogP) is 0.872. The molecule has 2 aromatic rings. The molecule has 0 aromatic carbocycles. The molecular weight excluding hydrogens is 336 g/mol. The molecule has 2 amide bonds. The topological polar surface area (TPSA) is 95.2 Å². The van der Waals surface area contributed by atoms with Gasteiger partial charge in [-0.15, -0.1) is 0 Å². The van der Waals surface area contributed by atoms with Crippen LogP contribution in [0.25, 0.3) is 5.65 Å². The third kappa shape index (κ3) is 2.36. The Balaban J connectivity index is 1.53. The predicted molar refractivity (Wildman–Crippen MR) is 91.6 cm³/mol. The molecule has 1 atom stereocenters. The third-order valence-electron chi connectivity index (χ3n) is 5.92. The zero-order valence-corrected chi connectivity index (χ0v) is 14.5. The van der Waals surface area contributed by atoms with Crippen LogP contribution in [-0.2, 0) is 9.59 Å². The Hall–Kier alpha value is -2.90. The fraction of sp³-hybridized carbons (Fsp3) is 0.444. The van der Waals surface area contributed by atoms with Gasteiger partial charge < -0.3 is 19.3 Å². The number of hydrogen-bond donors (Lipinski definition) is 1. The number of carboxylic acids is 1. The summed E-state index contributed by atoms with van der Waals surface area (Å²) in [6.07, 6.45) is 6.20. The minimum absolute atomic E-state index is 0.0388. The van der Waals surface area contributed by atoms with E-state index in [0.29, 0.717) is 31.5 Å². The number of carbonyl (C=O) groups excluding carboxylic acids is 2. The molecule has 4 rings (SSSR count). The monoisotopic (exact) mass is 356 g/mol. The van der Waals surface area contributed by atoms with Gasteiger partial charge in [0.05, 0.1) is 17.0 Å². The molecular formula is C18H20N4O4. The number of nitrogens with zero attached hydrogens (tertiary/aromatic N) is 4. The number of rotatable bonds is 2. The first kappa shape index (κ1) is 16.6. The Labute approximate surface area is 150 Å². The van der Waals surface area contributed by atoms with Gasteiger partial charge in [0.1, 0.15) is 5.65 Å². The summed E-state index contributed by atoms with van der Waals surface area (Å²) >= 11 is 0. The maximum atomic E-state index is 12.8. The fourth-order valence-corrected chi connectivity index (χ4v) is 4.31. The van der Waals surface area contributed by atoms with Crippen molar-refractivity contribution in [3.8, 4) is 0 Å². The van der Waals surface area contributed by atoms with E-state index >= 15 is 0 Å². The zero-order valence-electron chi connectivity index (χ0n) is 14.5. The summed E-state index contributed by atoms with van der Waals surface area (Å²) in [7, 11) is 1.68. The zero-order chi connectivity index (χ0) is 18.5. The molecule has 2 aromatic heterocycles. The highest BCUT2D eigenvalue weighted by Gasteiger charge is 2.55. The van der Waals surface area contributed by atoms with Gasteiger partial charge in [0.25, 0.3) is 5.91 Å². The van der Waals surface area contributed by atoms with E-state index < -0.39 is 17.4 Å². The highest BCUT2D eigenvalue weighted by atomic mass is 16.4. The lowest BCUT2D eigenvalue weighted by atomic mass is 9.77. The lowest BCUT2D eigenvalue weighted by Gasteiger charge is -2.45. The van der Waals surface area contributed by atoms with Crippen molar-refractivity contribution in [3.63, 3.8) is 0 Å². The maximum Gasteiger partial charge on any atom is 0.309 e. The smallest absolute Gasteiger partial charge is 0.309 e. The Morgan fingerprint density at radius 3 is 2.69 bits per heavy atom. The molecule has 1 spiro atoms. The fourth-order valence-electron chi connectivity index (χ4n) is 4.31. The number of aliphatic carboxylic acids is 1. The Kier molecular flexibility index (Phi) is 3.71. The summed E-state index contributed by atoms with van der Waals surface area (Å²) in [5.41, 5.74) is 0.653. The van der Waals surface area contributed by atoms with Crippen molar-refractivity contribution < 1.29 is 19.5 Å². The van der Waals surface area contributed by atoms with Gasteiger partial charge in [-0.25, -0.2) is 4.98 Å². The molecule has 1 N–H and O–H groups in total. The molecule has 4 heterocycles. The molecule has 0 saturated carbocycles. The largest absolute Gasteiger partial charge is 0.481 e. The Bertz CT molecular complexity index is 897. The van der Waals surface area contributed by atoms with E-state index in [2.05, 4.69) is 4.98 Å². The van der Waals surface area contributed by atoms with E-state index in [1.807, 2.05) is 0 Å². The second kappa shape index (κ2) is 5.82. The molecule has 1 unspecified atom stereocenters. The maximum absolute atomic E-state index is 12.8. The van der Waals surface area contributed by atoms with E-state index in [4.69, 9.17) is 0 Å². The lowest BCUT2D eigenvalue weighted by Crippen LogP contribution is -2.56. The number of fused-ring (bicyclic) bond motifs is 1. The van der Waals surface area contributed by atoms with Crippen molar-refractivity contribution in [1.29, 1.82) is 0 Å². The van der Waals surface area contributed by atoms with Gasteiger partial charge in [-0.3, -0.25) is 14.4 Å². The van der Waals surface area contributed by atoms with Crippen molar-refractivity contribution in [2.45, 2.75) is 24.8 Å². The van der Waals surface area contributed by atoms with Gasteiger partial charge in [-0.1, -0.05) is 0 Å². The average molecular weight is 356 g/mol. The summed E-state index contributed by atoms with van der Waals surface area (Å²) in [6.45, 7) is 0.865. The van der Waals surface area contributed by atoms with Gasteiger partial charge in [-0.05, 0) is 25.0 Å². The van der Waals surface area contributed by atoms with Crippen molar-refractivity contribution in [2.24, 2.45) is 5.92 Å². The van der Waals surface area contributed by atoms with E-state index in [1.165, 1.54) is 0 Å². The highest BCUT2D eigenvalue weighted by Crippen LogP contribution is 2.42. The molecule has 8 nitrogen and oxygen atoms in total. The quantitative estimate of drug-likeness (QED) is 0.862. The summed E-state index contributed by atoms with van der Waals surface area (Å²) < 4.78 is 1.79. The van der Waals surface area contributed by atoms with Crippen LogP contribution in [0.15, 0.2) is 30.7 Å². The standard InChI is InChI=1S/C18H20N4O4/c1-20-15(23)10-13(17(25)26)18(20)4-7-21(8-5-18)16(24)12-2-3-14-19-6-9-22(14)11-12/h2-3,6,9,11,13H,4-5,7-8,10H2,1H3,(H,25,26). The van der Waals surface area contributed by atoms with Crippen LogP contribution in [0.5, 0.6) is 0 Å². The molecule has 0 radical (unpaired) electrons. The van der Waals surface area contributed by atoms with Crippen LogP contribution in [0.1, 0.15) is 29.6 Å². The number of aromatic nitrogens is 2. The number of likely N-dealkylation sites (tertiary alicyclic amines) is 2. The number of pyridine rings is 1. The number of amides is 2. The first-order valence-corrected chi connectivity index (χ1v) is 8.64. The van der Waals surface area contributed by atoms with Gasteiger partial charge in [0.15, 0.2) is 0 Å². The van der Waals surface area contributed by atoms with Crippen LogP contribution in [0.3, 0.4) is 0 Å². The third-order valence-corrected chi connectivity index (χ3v) is 5.92. The number of piperidine rings is 1. The van der Waals surface area contributed by atoms with E-state index in [0.717, 1.165) is 5.65 Å². The summed E-state index contributed by atoms with van der Waals surface area (Å²) in [6, 6.07) is 3.54. The SMILES string of the molecule is CN1C(=O)CC(C(=O)O)C12CCN(C(=O)c1ccc3nccn3c1)CC2. The van der Waals surface area contributed by atoms with Crippen molar-refractivity contribution in [2.75, 3.05) is 20.1 Å². The first-order valence-electron chi connectivity index (χ1n) is 8.64. The van der Waals surface area contributed by atoms with Crippen LogP contribution in [0, 0.1) is 5.92 Å². The van der Waals surface area contributed by atoms with Crippen LogP contribution >= 0.6 is 0 Å². The van der Waals surface area contributed by atoms with Crippen molar-refractivity contribution >= 4 is 23.4 Å². The molecule has 2 saturated heterocycles. The molecule has 8 heteroatoms. The normalized spacial score (nSPS) is 22.3. The Morgan fingerprint density at radius 1 is 1.27 bits per heavy atom. The van der Waals surface area contributed by atoms with Crippen molar-refractivity contribution in [3.05, 3.63) is 36.3 Å². The molecule has 2 aliphatic heterocycles. The van der Waals surface area contributed by atoms with Gasteiger partial charge >= 0.3 is 5.97 Å². The van der Waals surface area contributed by atoms with E-state index in [-0.39, 0.29) is 18.2 Å². The van der Waals surface area contributed by atoms with Gasteiger partial charge in [-0.2, -0.15) is 0 Å². The number of hydrogen-bond acceptors (Lipinski definition) is 4. The Morgan fingerprint density at radius 2 is 2.00 bits per heavy atom. The number of carbonyl (C=O) groups is 3. The van der Waals surface area contributed by atoms with Crippen LogP contribution < -0.4 is 0 Å². The summed E-state index contributed by atoms with van der Waals surface area (Å²) in [5, 5.41) is 9.53. The molecule has 0 bridgehead atoms. The number of imidazole rings is 1. The first-order chi connectivity index (χ1) is 12.4. The summed E-state index contributed by atoms with van der Waals surface area (Å²) in [5.74, 6) is -1.87. The molecule has 26 heavy (non-hydrogen) atoms. The summed E-state index contributed by atoms with van der Waals surface area (Å²) in [4.78, 5) is 44.0. The lowest BCUT2D eigenvalue weighted by molar-refractivity contribution is -0.145. The van der Waals surface area contributed by atoms with E-state index in [1.54, 1.807) is 52.0 Å². The number of carboxylic acid groups (broad SMARTS) is 1. The van der Waals surface area contributed by atoms with Gasteiger partial charge in [0.2, 0.25) is 5.91 Å². The minimum atomic E-state index is -0.937. The van der Waals surface area contributed by atoms with Crippen LogP contribution in [0.2, 0.25) is 0 Å².